The van der Waals surface area contributed by atoms with E-state index in [4.69, 9.17) is 14.2 Å². The minimum absolute atomic E-state index is 0.0487. The van der Waals surface area contributed by atoms with Crippen molar-refractivity contribution in [3.63, 3.8) is 0 Å². The molecule has 1 amide bonds. The highest BCUT2D eigenvalue weighted by atomic mass is 16.5. The van der Waals surface area contributed by atoms with Gasteiger partial charge >= 0.3 is 0 Å². The molecule has 2 aromatic rings. The summed E-state index contributed by atoms with van der Waals surface area (Å²) in [7, 11) is 4.90. The van der Waals surface area contributed by atoms with E-state index in [-0.39, 0.29) is 11.8 Å². The third kappa shape index (κ3) is 4.73. The fraction of sp³-hybridized carbons (Fsp3) is 0.409. The first-order valence-corrected chi connectivity index (χ1v) is 9.26. The van der Waals surface area contributed by atoms with Crippen LogP contribution in [0.1, 0.15) is 36.3 Å². The highest BCUT2D eigenvalue weighted by molar-refractivity contribution is 5.77. The fourth-order valence-electron chi connectivity index (χ4n) is 3.45. The number of hydrogen-bond acceptors (Lipinski definition) is 4. The maximum Gasteiger partial charge on any atom is 0.220 e. The van der Waals surface area contributed by atoms with E-state index in [1.165, 1.54) is 12.8 Å². The minimum Gasteiger partial charge on any atom is -0.496 e. The molecule has 144 valence electrons. The molecule has 5 heteroatoms. The summed E-state index contributed by atoms with van der Waals surface area (Å²) in [5.74, 6) is 3.00. The van der Waals surface area contributed by atoms with Crippen molar-refractivity contribution < 1.29 is 19.0 Å². The molecule has 5 nitrogen and oxygen atoms in total. The first-order valence-electron chi connectivity index (χ1n) is 9.26. The summed E-state index contributed by atoms with van der Waals surface area (Å²) in [6.07, 6.45) is 2.80. The Morgan fingerprint density at radius 2 is 1.70 bits per heavy atom. The van der Waals surface area contributed by atoms with Crippen LogP contribution >= 0.6 is 0 Å². The molecule has 0 aromatic heterocycles. The van der Waals surface area contributed by atoms with Crippen LogP contribution in [0.15, 0.2) is 42.5 Å². The Hall–Kier alpha value is -2.69. The third-order valence-corrected chi connectivity index (χ3v) is 5.10. The van der Waals surface area contributed by atoms with Gasteiger partial charge in [-0.3, -0.25) is 4.79 Å². The number of hydrogen-bond donors (Lipinski definition) is 1. The van der Waals surface area contributed by atoms with E-state index < -0.39 is 0 Å². The summed E-state index contributed by atoms with van der Waals surface area (Å²) in [6, 6.07) is 13.7. The summed E-state index contributed by atoms with van der Waals surface area (Å²) in [5.41, 5.74) is 2.10. The minimum atomic E-state index is 0.0487. The van der Waals surface area contributed by atoms with E-state index >= 15 is 0 Å². The van der Waals surface area contributed by atoms with Crippen LogP contribution in [0.2, 0.25) is 0 Å². The zero-order chi connectivity index (χ0) is 19.2. The third-order valence-electron chi connectivity index (χ3n) is 5.10. The van der Waals surface area contributed by atoms with Gasteiger partial charge in [-0.15, -0.1) is 0 Å². The molecule has 0 heterocycles. The van der Waals surface area contributed by atoms with E-state index in [9.17, 15) is 4.79 Å². The molecule has 0 bridgehead atoms. The Kier molecular flexibility index (Phi) is 6.22. The van der Waals surface area contributed by atoms with Crippen LogP contribution in [0.5, 0.6) is 17.2 Å². The molecule has 0 spiro atoms. The van der Waals surface area contributed by atoms with Crippen molar-refractivity contribution in [2.45, 2.75) is 31.7 Å². The van der Waals surface area contributed by atoms with Crippen molar-refractivity contribution in [1.82, 2.24) is 5.32 Å². The van der Waals surface area contributed by atoms with Gasteiger partial charge in [0.2, 0.25) is 5.91 Å². The van der Waals surface area contributed by atoms with E-state index in [1.807, 2.05) is 42.5 Å². The topological polar surface area (TPSA) is 56.8 Å². The Labute approximate surface area is 160 Å². The summed E-state index contributed by atoms with van der Waals surface area (Å²) in [6.45, 7) is 0.464. The molecule has 0 saturated heterocycles. The Bertz CT molecular complexity index is 786. The van der Waals surface area contributed by atoms with Gasteiger partial charge in [-0.05, 0) is 48.4 Å². The second kappa shape index (κ2) is 8.80. The van der Waals surface area contributed by atoms with E-state index in [2.05, 4.69) is 5.32 Å². The van der Waals surface area contributed by atoms with Crippen molar-refractivity contribution in [2.75, 3.05) is 21.3 Å². The molecular formula is C22H27NO4. The number of amides is 1. The Morgan fingerprint density at radius 1 is 1.00 bits per heavy atom. The van der Waals surface area contributed by atoms with Crippen molar-refractivity contribution in [1.29, 1.82) is 0 Å². The summed E-state index contributed by atoms with van der Waals surface area (Å²) >= 11 is 0. The fourth-order valence-corrected chi connectivity index (χ4v) is 3.45. The monoisotopic (exact) mass is 369 g/mol. The molecule has 2 aromatic carbocycles. The van der Waals surface area contributed by atoms with Gasteiger partial charge in [-0.1, -0.05) is 24.3 Å². The molecule has 1 saturated carbocycles. The Balaban J connectivity index is 1.67. The average molecular weight is 369 g/mol. The van der Waals surface area contributed by atoms with Gasteiger partial charge in [0.15, 0.2) is 11.5 Å². The highest BCUT2D eigenvalue weighted by Crippen LogP contribution is 2.46. The molecule has 1 unspecified atom stereocenters. The largest absolute Gasteiger partial charge is 0.496 e. The average Bonchev–Trinajstić information content (AvgIpc) is 3.55. The van der Waals surface area contributed by atoms with Gasteiger partial charge in [0.1, 0.15) is 5.75 Å². The SMILES string of the molecule is COc1ccccc1CNC(=O)CC(c1ccc(OC)c(OC)c1)C1CC1. The number of methoxy groups -OCH3 is 3. The van der Waals surface area contributed by atoms with Crippen LogP contribution in [0.4, 0.5) is 0 Å². The van der Waals surface area contributed by atoms with Crippen molar-refractivity contribution in [3.8, 4) is 17.2 Å². The quantitative estimate of drug-likeness (QED) is 0.728. The maximum absolute atomic E-state index is 12.6. The highest BCUT2D eigenvalue weighted by Gasteiger charge is 2.34. The van der Waals surface area contributed by atoms with Gasteiger partial charge in [0.05, 0.1) is 21.3 Å². The number of para-hydroxylation sites is 1. The molecule has 27 heavy (non-hydrogen) atoms. The van der Waals surface area contributed by atoms with Gasteiger partial charge in [0.25, 0.3) is 0 Å². The van der Waals surface area contributed by atoms with Gasteiger partial charge in [-0.2, -0.15) is 0 Å². The first-order chi connectivity index (χ1) is 13.2. The molecule has 1 aliphatic rings. The molecular weight excluding hydrogens is 342 g/mol. The Morgan fingerprint density at radius 3 is 2.37 bits per heavy atom. The lowest BCUT2D eigenvalue weighted by Crippen LogP contribution is -2.25. The first kappa shape index (κ1) is 19.1. The maximum atomic E-state index is 12.6. The molecule has 0 aliphatic heterocycles. The van der Waals surface area contributed by atoms with Crippen LogP contribution in [0.25, 0.3) is 0 Å². The second-order valence-corrected chi connectivity index (χ2v) is 6.85. The molecule has 3 rings (SSSR count). The summed E-state index contributed by atoms with van der Waals surface area (Å²) in [4.78, 5) is 12.6. The zero-order valence-electron chi connectivity index (χ0n) is 16.2. The predicted molar refractivity (Wildman–Crippen MR) is 104 cm³/mol. The van der Waals surface area contributed by atoms with E-state index in [1.54, 1.807) is 21.3 Å². The van der Waals surface area contributed by atoms with E-state index in [0.29, 0.717) is 30.4 Å². The predicted octanol–water partition coefficient (Wildman–Crippen LogP) is 3.91. The summed E-state index contributed by atoms with van der Waals surface area (Å²) < 4.78 is 16.1. The van der Waals surface area contributed by atoms with Gasteiger partial charge in [-0.25, -0.2) is 0 Å². The number of ether oxygens (including phenoxy) is 3. The lowest BCUT2D eigenvalue weighted by atomic mass is 9.90. The smallest absolute Gasteiger partial charge is 0.220 e. The second-order valence-electron chi connectivity index (χ2n) is 6.85. The van der Waals surface area contributed by atoms with Crippen LogP contribution < -0.4 is 19.5 Å². The number of carbonyl (C=O) groups is 1. The number of benzene rings is 2. The van der Waals surface area contributed by atoms with Crippen LogP contribution in [0.3, 0.4) is 0 Å². The van der Waals surface area contributed by atoms with Gasteiger partial charge in [0, 0.05) is 18.5 Å². The van der Waals surface area contributed by atoms with Crippen molar-refractivity contribution in [2.24, 2.45) is 5.92 Å². The van der Waals surface area contributed by atoms with Crippen molar-refractivity contribution >= 4 is 5.91 Å². The van der Waals surface area contributed by atoms with Crippen LogP contribution in [-0.2, 0) is 11.3 Å². The van der Waals surface area contributed by atoms with Crippen molar-refractivity contribution in [3.05, 3.63) is 53.6 Å². The number of nitrogens with one attached hydrogen (secondary N) is 1. The molecule has 1 fully saturated rings. The molecule has 1 N–H and O–H groups in total. The molecule has 1 aliphatic carbocycles. The standard InChI is InChI=1S/C22H27NO4/c1-25-19-7-5-4-6-17(19)14-23-22(24)13-18(15-8-9-15)16-10-11-20(26-2)21(12-16)27-3/h4-7,10-12,15,18H,8-9,13-14H2,1-3H3,(H,23,24). The normalized spacial score (nSPS) is 14.3. The molecule has 0 radical (unpaired) electrons. The van der Waals surface area contributed by atoms with Crippen LogP contribution in [0, 0.1) is 5.92 Å². The molecule has 1 atom stereocenters. The zero-order valence-corrected chi connectivity index (χ0v) is 16.2. The number of rotatable bonds is 9. The lowest BCUT2D eigenvalue weighted by molar-refractivity contribution is -0.121. The lowest BCUT2D eigenvalue weighted by Gasteiger charge is -2.19. The van der Waals surface area contributed by atoms with Crippen LogP contribution in [-0.4, -0.2) is 27.2 Å². The van der Waals surface area contributed by atoms with Gasteiger partial charge < -0.3 is 19.5 Å². The summed E-state index contributed by atoms with van der Waals surface area (Å²) in [5, 5.41) is 3.03. The number of carbonyl (C=O) groups excluding carboxylic acids is 1. The van der Waals surface area contributed by atoms with E-state index in [0.717, 1.165) is 16.9 Å².